The number of carbonyl (C=O) groups excluding carboxylic acids is 1. The summed E-state index contributed by atoms with van der Waals surface area (Å²) in [4.78, 5) is 28.0. The fraction of sp³-hybridized carbons (Fsp3) is 0.222. The number of nitrogens with zero attached hydrogens (tertiary/aromatic N) is 3. The molecule has 3 aromatic rings. The molecule has 1 amide bonds. The lowest BCUT2D eigenvalue weighted by atomic mass is 10.2. The van der Waals surface area contributed by atoms with E-state index in [9.17, 15) is 14.9 Å². The fourth-order valence-corrected chi connectivity index (χ4v) is 4.00. The van der Waals surface area contributed by atoms with E-state index >= 15 is 0 Å². The highest BCUT2D eigenvalue weighted by Gasteiger charge is 2.13. The quantitative estimate of drug-likeness (QED) is 0.462. The van der Waals surface area contributed by atoms with Gasteiger partial charge in [0.05, 0.1) is 22.2 Å². The fourth-order valence-electron chi connectivity index (χ4n) is 2.54. The summed E-state index contributed by atoms with van der Waals surface area (Å²) in [7, 11) is 1.56. The smallest absolute Gasteiger partial charge is 0.279 e. The lowest BCUT2D eigenvalue weighted by molar-refractivity contribution is -0.384. The number of hydrogen-bond donors (Lipinski definition) is 0. The third-order valence-corrected chi connectivity index (χ3v) is 5.56. The van der Waals surface area contributed by atoms with Gasteiger partial charge in [-0.05, 0) is 36.6 Å². The molecule has 1 aromatic heterocycles. The van der Waals surface area contributed by atoms with E-state index in [2.05, 4.69) is 4.99 Å². The van der Waals surface area contributed by atoms with Crippen LogP contribution in [0.25, 0.3) is 10.2 Å². The molecule has 0 aliphatic rings. The van der Waals surface area contributed by atoms with Crippen LogP contribution in [0.15, 0.2) is 47.5 Å². The molecule has 27 heavy (non-hydrogen) atoms. The minimum absolute atomic E-state index is 0.0220. The number of carbonyl (C=O) groups is 1. The molecule has 0 fully saturated rings. The summed E-state index contributed by atoms with van der Waals surface area (Å²) in [5.41, 5.74) is 1.31. The number of aromatic nitrogens is 1. The Balaban J connectivity index is 2.08. The van der Waals surface area contributed by atoms with Crippen molar-refractivity contribution in [2.75, 3.05) is 19.1 Å². The second-order valence-electron chi connectivity index (χ2n) is 5.58. The van der Waals surface area contributed by atoms with Gasteiger partial charge in [0.15, 0.2) is 4.80 Å². The number of non-ortho nitro benzene ring substituents is 1. The molecule has 1 heterocycles. The number of amides is 1. The SMILES string of the molecule is COc1ccc(C(=O)N=c2sc3cc([N+](=O)[O-])ccc3n2CCSC)cc1. The van der Waals surface area contributed by atoms with Gasteiger partial charge in [0, 0.05) is 30.0 Å². The standard InChI is InChI=1S/C18H17N3O4S2/c1-25-14-6-3-12(4-7-14)17(22)19-18-20(9-10-26-2)15-8-5-13(21(23)24)11-16(15)27-18/h3-8,11H,9-10H2,1-2H3. The van der Waals surface area contributed by atoms with Gasteiger partial charge in [0.2, 0.25) is 0 Å². The van der Waals surface area contributed by atoms with Crippen molar-refractivity contribution in [1.29, 1.82) is 0 Å². The maximum atomic E-state index is 12.6. The summed E-state index contributed by atoms with van der Waals surface area (Å²) in [5.74, 6) is 1.14. The predicted octanol–water partition coefficient (Wildman–Crippen LogP) is 3.72. The van der Waals surface area contributed by atoms with Crippen LogP contribution in [0.5, 0.6) is 5.75 Å². The molecule has 0 aliphatic heterocycles. The Morgan fingerprint density at radius 1 is 1.30 bits per heavy atom. The van der Waals surface area contributed by atoms with Gasteiger partial charge in [-0.15, -0.1) is 0 Å². The van der Waals surface area contributed by atoms with Gasteiger partial charge in [-0.25, -0.2) is 0 Å². The summed E-state index contributed by atoms with van der Waals surface area (Å²) in [6.07, 6.45) is 2.00. The Labute approximate surface area is 163 Å². The van der Waals surface area contributed by atoms with Crippen molar-refractivity contribution in [3.63, 3.8) is 0 Å². The maximum absolute atomic E-state index is 12.6. The molecule has 0 radical (unpaired) electrons. The Morgan fingerprint density at radius 3 is 2.67 bits per heavy atom. The van der Waals surface area contributed by atoms with Gasteiger partial charge in [-0.1, -0.05) is 11.3 Å². The Morgan fingerprint density at radius 2 is 2.04 bits per heavy atom. The first kappa shape index (κ1) is 19.1. The molecule has 140 valence electrons. The molecule has 7 nitrogen and oxygen atoms in total. The minimum atomic E-state index is -0.426. The molecule has 9 heteroatoms. The molecule has 0 saturated heterocycles. The van der Waals surface area contributed by atoms with Crippen LogP contribution >= 0.6 is 23.1 Å². The van der Waals surface area contributed by atoms with E-state index in [0.717, 1.165) is 16.0 Å². The molecule has 3 rings (SSSR count). The van der Waals surface area contributed by atoms with E-state index in [1.54, 1.807) is 49.2 Å². The molecule has 0 atom stereocenters. The first-order chi connectivity index (χ1) is 13.0. The molecular weight excluding hydrogens is 386 g/mol. The summed E-state index contributed by atoms with van der Waals surface area (Å²) in [6.45, 7) is 0.660. The summed E-state index contributed by atoms with van der Waals surface area (Å²) < 4.78 is 7.76. The van der Waals surface area contributed by atoms with E-state index in [-0.39, 0.29) is 11.6 Å². The molecule has 0 bridgehead atoms. The molecule has 0 aliphatic carbocycles. The van der Waals surface area contributed by atoms with Crippen LogP contribution in [0, 0.1) is 10.1 Å². The summed E-state index contributed by atoms with van der Waals surface area (Å²) >= 11 is 2.95. The number of fused-ring (bicyclic) bond motifs is 1. The van der Waals surface area contributed by atoms with Crippen LogP contribution in [-0.4, -0.2) is 34.5 Å². The number of benzene rings is 2. The number of hydrogen-bond acceptors (Lipinski definition) is 6. The van der Waals surface area contributed by atoms with Crippen molar-refractivity contribution in [2.45, 2.75) is 6.54 Å². The van der Waals surface area contributed by atoms with E-state index in [1.165, 1.54) is 23.5 Å². The number of rotatable bonds is 6. The van der Waals surface area contributed by atoms with Crippen LogP contribution in [0.3, 0.4) is 0 Å². The average molecular weight is 403 g/mol. The number of thiazole rings is 1. The van der Waals surface area contributed by atoms with Gasteiger partial charge >= 0.3 is 0 Å². The molecule has 0 unspecified atom stereocenters. The molecule has 2 aromatic carbocycles. The van der Waals surface area contributed by atoms with Crippen LogP contribution in [0.1, 0.15) is 10.4 Å². The van der Waals surface area contributed by atoms with E-state index in [1.807, 2.05) is 10.8 Å². The Kier molecular flexibility index (Phi) is 5.92. The number of nitro benzene ring substituents is 1. The third-order valence-electron chi connectivity index (χ3n) is 3.93. The molecule has 0 spiro atoms. The largest absolute Gasteiger partial charge is 0.497 e. The van der Waals surface area contributed by atoms with Gasteiger partial charge < -0.3 is 9.30 Å². The molecule has 0 N–H and O–H groups in total. The lowest BCUT2D eigenvalue weighted by Crippen LogP contribution is -2.18. The number of aryl methyl sites for hydroxylation is 1. The predicted molar refractivity (Wildman–Crippen MR) is 108 cm³/mol. The highest BCUT2D eigenvalue weighted by Crippen LogP contribution is 2.23. The van der Waals surface area contributed by atoms with Crippen molar-refractivity contribution in [2.24, 2.45) is 4.99 Å². The van der Waals surface area contributed by atoms with E-state index in [4.69, 9.17) is 4.74 Å². The van der Waals surface area contributed by atoms with Crippen molar-refractivity contribution >= 4 is 44.9 Å². The van der Waals surface area contributed by atoms with Crippen LogP contribution in [0.2, 0.25) is 0 Å². The zero-order valence-electron chi connectivity index (χ0n) is 14.7. The minimum Gasteiger partial charge on any atom is -0.497 e. The zero-order chi connectivity index (χ0) is 19.4. The highest BCUT2D eigenvalue weighted by atomic mass is 32.2. The van der Waals surface area contributed by atoms with Gasteiger partial charge in [0.1, 0.15) is 5.75 Å². The number of nitro groups is 1. The Bertz CT molecular complexity index is 1050. The summed E-state index contributed by atoms with van der Waals surface area (Å²) in [6, 6.07) is 11.4. The van der Waals surface area contributed by atoms with Gasteiger partial charge in [-0.3, -0.25) is 14.9 Å². The van der Waals surface area contributed by atoms with E-state index < -0.39 is 4.92 Å². The Hall–Kier alpha value is -2.65. The summed E-state index contributed by atoms with van der Waals surface area (Å²) in [5, 5.41) is 11.0. The highest BCUT2D eigenvalue weighted by molar-refractivity contribution is 7.98. The molecule has 0 saturated carbocycles. The van der Waals surface area contributed by atoms with Gasteiger partial charge in [0.25, 0.3) is 11.6 Å². The second kappa shape index (κ2) is 8.36. The molecular formula is C18H17N3O4S2. The second-order valence-corrected chi connectivity index (χ2v) is 7.58. The van der Waals surface area contributed by atoms with E-state index in [0.29, 0.717) is 22.7 Å². The first-order valence-corrected chi connectivity index (χ1v) is 10.2. The number of ether oxygens (including phenoxy) is 1. The number of methoxy groups -OCH3 is 1. The maximum Gasteiger partial charge on any atom is 0.279 e. The van der Waals surface area contributed by atoms with Crippen molar-refractivity contribution in [1.82, 2.24) is 4.57 Å². The van der Waals surface area contributed by atoms with Crippen molar-refractivity contribution in [3.8, 4) is 5.75 Å². The normalized spacial score (nSPS) is 11.7. The monoisotopic (exact) mass is 403 g/mol. The zero-order valence-corrected chi connectivity index (χ0v) is 16.4. The lowest BCUT2D eigenvalue weighted by Gasteiger charge is -2.04. The van der Waals surface area contributed by atoms with Crippen LogP contribution in [0.4, 0.5) is 5.69 Å². The van der Waals surface area contributed by atoms with Crippen molar-refractivity contribution < 1.29 is 14.5 Å². The van der Waals surface area contributed by atoms with Gasteiger partial charge in [-0.2, -0.15) is 16.8 Å². The van der Waals surface area contributed by atoms with Crippen LogP contribution in [-0.2, 0) is 6.54 Å². The third kappa shape index (κ3) is 4.20. The van der Waals surface area contributed by atoms with Crippen molar-refractivity contribution in [3.05, 3.63) is 62.9 Å². The first-order valence-electron chi connectivity index (χ1n) is 8.03. The number of thioether (sulfide) groups is 1. The topological polar surface area (TPSA) is 86.7 Å². The van der Waals surface area contributed by atoms with Crippen LogP contribution < -0.4 is 9.54 Å². The average Bonchev–Trinajstić information content (AvgIpc) is 3.02.